The van der Waals surface area contributed by atoms with Gasteiger partial charge in [-0.25, -0.2) is 0 Å². The first kappa shape index (κ1) is 23.8. The normalized spacial score (nSPS) is 19.5. The molecule has 3 rings (SSSR count). The van der Waals surface area contributed by atoms with Gasteiger partial charge >= 0.3 is 0 Å². The van der Waals surface area contributed by atoms with E-state index in [4.69, 9.17) is 9.47 Å². The van der Waals surface area contributed by atoms with Crippen LogP contribution in [-0.2, 0) is 11.3 Å². The third-order valence-electron chi connectivity index (χ3n) is 6.58. The maximum absolute atomic E-state index is 11.5. The number of amides is 1. The molecular formula is C24H39N3O4. The molecule has 1 heterocycles. The van der Waals surface area contributed by atoms with E-state index in [1.807, 2.05) is 17.0 Å². The van der Waals surface area contributed by atoms with E-state index in [0.29, 0.717) is 24.1 Å². The zero-order valence-electron chi connectivity index (χ0n) is 19.4. The van der Waals surface area contributed by atoms with Crippen LogP contribution in [0.5, 0.6) is 11.5 Å². The molecule has 0 radical (unpaired) electrons. The van der Waals surface area contributed by atoms with E-state index in [1.54, 1.807) is 14.0 Å². The molecule has 1 saturated heterocycles. The fourth-order valence-electron chi connectivity index (χ4n) is 4.65. The highest BCUT2D eigenvalue weighted by Crippen LogP contribution is 2.29. The number of carbonyl (C=O) groups is 1. The van der Waals surface area contributed by atoms with Gasteiger partial charge in [-0.15, -0.1) is 0 Å². The summed E-state index contributed by atoms with van der Waals surface area (Å²) in [5.41, 5.74) is 1.15. The largest absolute Gasteiger partial charge is 0.493 e. The average molecular weight is 434 g/mol. The van der Waals surface area contributed by atoms with E-state index >= 15 is 0 Å². The summed E-state index contributed by atoms with van der Waals surface area (Å²) in [4.78, 5) is 18.0. The van der Waals surface area contributed by atoms with Crippen LogP contribution in [0.2, 0.25) is 0 Å². The van der Waals surface area contributed by atoms with Crippen molar-refractivity contribution < 1.29 is 19.4 Å². The molecular weight excluding hydrogens is 394 g/mol. The van der Waals surface area contributed by atoms with E-state index in [1.165, 1.54) is 32.1 Å². The summed E-state index contributed by atoms with van der Waals surface area (Å²) < 4.78 is 11.4. The molecule has 1 amide bonds. The molecule has 1 N–H and O–H groups in total. The summed E-state index contributed by atoms with van der Waals surface area (Å²) in [6.07, 6.45) is 5.83. The summed E-state index contributed by atoms with van der Waals surface area (Å²) >= 11 is 0. The number of aliphatic hydroxyl groups is 1. The van der Waals surface area contributed by atoms with E-state index in [2.05, 4.69) is 22.9 Å². The van der Waals surface area contributed by atoms with Crippen LogP contribution >= 0.6 is 0 Å². The molecule has 1 aliphatic heterocycles. The molecule has 1 aromatic carbocycles. The smallest absolute Gasteiger partial charge is 0.219 e. The molecule has 7 heteroatoms. The highest BCUT2D eigenvalue weighted by atomic mass is 16.5. The van der Waals surface area contributed by atoms with Gasteiger partial charge in [0.1, 0.15) is 12.7 Å². The van der Waals surface area contributed by atoms with Crippen LogP contribution in [0.3, 0.4) is 0 Å². The Kier molecular flexibility index (Phi) is 8.99. The van der Waals surface area contributed by atoms with Gasteiger partial charge in [-0.2, -0.15) is 0 Å². The Morgan fingerprint density at radius 1 is 1.16 bits per heavy atom. The van der Waals surface area contributed by atoms with E-state index < -0.39 is 6.10 Å². The number of rotatable bonds is 9. The number of piperazine rings is 1. The minimum Gasteiger partial charge on any atom is -0.493 e. The van der Waals surface area contributed by atoms with Crippen molar-refractivity contribution in [2.75, 3.05) is 53.5 Å². The summed E-state index contributed by atoms with van der Waals surface area (Å²) in [5.74, 6) is 1.50. The lowest BCUT2D eigenvalue weighted by molar-refractivity contribution is -0.130. The Labute approximate surface area is 186 Å². The molecule has 1 aliphatic carbocycles. The standard InChI is InChI=1S/C24H39N3O4/c1-19(28)27-13-11-26(12-14-27)16-20-9-10-23(24(15-20)30-3)31-18-22(29)17-25(2)21-7-5-4-6-8-21/h9-10,15,21-22,29H,4-8,11-14,16-18H2,1-3H3/t22-/m1/s1. The number of hydrogen-bond donors (Lipinski definition) is 1. The molecule has 7 nitrogen and oxygen atoms in total. The number of benzene rings is 1. The molecule has 0 unspecified atom stereocenters. The van der Waals surface area contributed by atoms with Crippen LogP contribution in [0.25, 0.3) is 0 Å². The maximum Gasteiger partial charge on any atom is 0.219 e. The van der Waals surface area contributed by atoms with E-state index in [-0.39, 0.29) is 12.5 Å². The van der Waals surface area contributed by atoms with Crippen LogP contribution < -0.4 is 9.47 Å². The predicted octanol–water partition coefficient (Wildman–Crippen LogP) is 2.36. The van der Waals surface area contributed by atoms with Gasteiger partial charge in [0, 0.05) is 52.2 Å². The van der Waals surface area contributed by atoms with Gasteiger partial charge in [0.2, 0.25) is 5.91 Å². The van der Waals surface area contributed by atoms with E-state index in [9.17, 15) is 9.90 Å². The number of methoxy groups -OCH3 is 1. The van der Waals surface area contributed by atoms with Crippen LogP contribution in [0.15, 0.2) is 18.2 Å². The van der Waals surface area contributed by atoms with Crippen molar-refractivity contribution in [2.24, 2.45) is 0 Å². The minimum atomic E-state index is -0.533. The van der Waals surface area contributed by atoms with Gasteiger partial charge in [-0.05, 0) is 37.6 Å². The first-order chi connectivity index (χ1) is 15.0. The maximum atomic E-state index is 11.5. The molecule has 0 bridgehead atoms. The lowest BCUT2D eigenvalue weighted by atomic mass is 9.94. The molecule has 31 heavy (non-hydrogen) atoms. The molecule has 2 aliphatic rings. The van der Waals surface area contributed by atoms with Crippen LogP contribution in [0.4, 0.5) is 0 Å². The Bertz CT molecular complexity index is 700. The van der Waals surface area contributed by atoms with Gasteiger partial charge in [0.05, 0.1) is 7.11 Å². The number of likely N-dealkylation sites (N-methyl/N-ethyl adjacent to an activating group) is 1. The number of aliphatic hydroxyl groups excluding tert-OH is 1. The summed E-state index contributed by atoms with van der Waals surface area (Å²) in [5, 5.41) is 10.5. The van der Waals surface area contributed by atoms with Gasteiger partial charge in [0.25, 0.3) is 0 Å². The fourth-order valence-corrected chi connectivity index (χ4v) is 4.65. The Balaban J connectivity index is 1.47. The molecule has 1 aromatic rings. The van der Waals surface area contributed by atoms with Crippen molar-refractivity contribution in [1.29, 1.82) is 0 Å². The summed E-state index contributed by atoms with van der Waals surface area (Å²) in [6.45, 7) is 6.63. The number of nitrogens with zero attached hydrogens (tertiary/aromatic N) is 3. The van der Waals surface area contributed by atoms with Crippen molar-refractivity contribution in [3.05, 3.63) is 23.8 Å². The fraction of sp³-hybridized carbons (Fsp3) is 0.708. The topological polar surface area (TPSA) is 65.5 Å². The van der Waals surface area contributed by atoms with Crippen molar-refractivity contribution in [3.8, 4) is 11.5 Å². The Morgan fingerprint density at radius 3 is 2.52 bits per heavy atom. The van der Waals surface area contributed by atoms with Crippen LogP contribution in [0.1, 0.15) is 44.6 Å². The lowest BCUT2D eigenvalue weighted by Gasteiger charge is -2.34. The molecule has 174 valence electrons. The monoisotopic (exact) mass is 433 g/mol. The SMILES string of the molecule is COc1cc(CN2CCN(C(C)=O)CC2)ccc1OC[C@H](O)CN(C)C1CCCCC1. The van der Waals surface area contributed by atoms with Crippen molar-refractivity contribution in [3.63, 3.8) is 0 Å². The Hall–Kier alpha value is -1.83. The molecule has 2 fully saturated rings. The van der Waals surface area contributed by atoms with Gasteiger partial charge in [-0.3, -0.25) is 9.69 Å². The second-order valence-electron chi connectivity index (χ2n) is 8.96. The second-order valence-corrected chi connectivity index (χ2v) is 8.96. The first-order valence-corrected chi connectivity index (χ1v) is 11.6. The van der Waals surface area contributed by atoms with Crippen molar-refractivity contribution in [1.82, 2.24) is 14.7 Å². The predicted molar refractivity (Wildman–Crippen MR) is 122 cm³/mol. The molecule has 1 atom stereocenters. The van der Waals surface area contributed by atoms with E-state index in [0.717, 1.165) is 38.3 Å². The summed E-state index contributed by atoms with van der Waals surface area (Å²) in [6, 6.07) is 6.56. The zero-order chi connectivity index (χ0) is 22.2. The second kappa shape index (κ2) is 11.7. The quantitative estimate of drug-likeness (QED) is 0.645. The zero-order valence-corrected chi connectivity index (χ0v) is 19.4. The van der Waals surface area contributed by atoms with Gasteiger partial charge in [0.15, 0.2) is 11.5 Å². The van der Waals surface area contributed by atoms with Gasteiger partial charge < -0.3 is 24.4 Å². The van der Waals surface area contributed by atoms with Crippen LogP contribution in [-0.4, -0.2) is 91.3 Å². The van der Waals surface area contributed by atoms with Crippen molar-refractivity contribution >= 4 is 5.91 Å². The third-order valence-corrected chi connectivity index (χ3v) is 6.58. The van der Waals surface area contributed by atoms with Crippen molar-refractivity contribution in [2.45, 2.75) is 57.7 Å². The first-order valence-electron chi connectivity index (χ1n) is 11.6. The number of hydrogen-bond acceptors (Lipinski definition) is 6. The summed E-state index contributed by atoms with van der Waals surface area (Å²) in [7, 11) is 3.75. The number of ether oxygens (including phenoxy) is 2. The number of carbonyl (C=O) groups excluding carboxylic acids is 1. The van der Waals surface area contributed by atoms with Crippen LogP contribution in [0, 0.1) is 0 Å². The minimum absolute atomic E-state index is 0.148. The average Bonchev–Trinajstić information content (AvgIpc) is 2.79. The highest BCUT2D eigenvalue weighted by Gasteiger charge is 2.21. The third kappa shape index (κ3) is 7.09. The van der Waals surface area contributed by atoms with Gasteiger partial charge in [-0.1, -0.05) is 25.3 Å². The lowest BCUT2D eigenvalue weighted by Crippen LogP contribution is -2.47. The molecule has 1 saturated carbocycles. The Morgan fingerprint density at radius 2 is 1.87 bits per heavy atom. The molecule has 0 aromatic heterocycles. The highest BCUT2D eigenvalue weighted by molar-refractivity contribution is 5.73. The molecule has 0 spiro atoms.